The lowest BCUT2D eigenvalue weighted by Crippen LogP contribution is -2.49. The maximum Gasteiger partial charge on any atom is 0.264 e. The second-order valence-electron chi connectivity index (χ2n) is 9.01. The summed E-state index contributed by atoms with van der Waals surface area (Å²) < 4.78 is 43.1. The van der Waals surface area contributed by atoms with Gasteiger partial charge in [0.25, 0.3) is 6.43 Å². The first-order valence-electron chi connectivity index (χ1n) is 11.4. The Kier molecular flexibility index (Phi) is 6.24. The summed E-state index contributed by atoms with van der Waals surface area (Å²) in [6.07, 6.45) is -0.753. The normalized spacial score (nSPS) is 17.2. The number of alkyl halides is 2. The van der Waals surface area contributed by atoms with Gasteiger partial charge in [-0.15, -0.1) is 0 Å². The zero-order chi connectivity index (χ0) is 24.0. The molecule has 1 amide bonds. The van der Waals surface area contributed by atoms with Crippen molar-refractivity contribution in [2.75, 3.05) is 26.2 Å². The molecule has 3 heterocycles. The number of hydrogen-bond acceptors (Lipinski definition) is 4. The van der Waals surface area contributed by atoms with Crippen LogP contribution in [0.25, 0.3) is 11.0 Å². The van der Waals surface area contributed by atoms with E-state index in [-0.39, 0.29) is 29.8 Å². The highest BCUT2D eigenvalue weighted by Gasteiger charge is 2.30. The highest BCUT2D eigenvalue weighted by molar-refractivity contribution is 6.31. The van der Waals surface area contributed by atoms with Gasteiger partial charge in [-0.25, -0.2) is 22.8 Å². The van der Waals surface area contributed by atoms with Gasteiger partial charge >= 0.3 is 0 Å². The first kappa shape index (κ1) is 23.1. The minimum Gasteiger partial charge on any atom is -0.339 e. The molecule has 0 bridgehead atoms. The van der Waals surface area contributed by atoms with E-state index < -0.39 is 6.43 Å². The number of benzene rings is 1. The maximum atomic E-state index is 14.1. The molecule has 2 aliphatic rings. The lowest BCUT2D eigenvalue weighted by atomic mass is 10.1. The van der Waals surface area contributed by atoms with Crippen molar-refractivity contribution in [1.82, 2.24) is 24.6 Å². The fraction of sp³-hybridized carbons (Fsp3) is 0.458. The Balaban J connectivity index is 1.29. The lowest BCUT2D eigenvalue weighted by Gasteiger charge is -2.35. The quantitative estimate of drug-likeness (QED) is 0.502. The number of hydrogen-bond donors (Lipinski definition) is 0. The Hall–Kier alpha value is -2.65. The molecule has 6 nitrogen and oxygen atoms in total. The molecule has 0 radical (unpaired) electrons. The number of carbonyl (C=O) groups is 1. The molecule has 3 aromatic rings. The number of pyridine rings is 1. The van der Waals surface area contributed by atoms with Crippen molar-refractivity contribution in [1.29, 1.82) is 0 Å². The Labute approximate surface area is 200 Å². The first-order valence-corrected chi connectivity index (χ1v) is 11.8. The molecule has 1 aromatic carbocycles. The number of amides is 1. The van der Waals surface area contributed by atoms with Gasteiger partial charge in [-0.1, -0.05) is 17.7 Å². The van der Waals surface area contributed by atoms with Crippen LogP contribution in [0.15, 0.2) is 24.3 Å². The van der Waals surface area contributed by atoms with Crippen molar-refractivity contribution in [3.63, 3.8) is 0 Å². The number of carbonyl (C=O) groups excluding carboxylic acids is 1. The van der Waals surface area contributed by atoms with Crippen molar-refractivity contribution >= 4 is 28.5 Å². The van der Waals surface area contributed by atoms with Crippen LogP contribution in [0, 0.1) is 12.7 Å². The third-order valence-electron chi connectivity index (χ3n) is 6.61. The van der Waals surface area contributed by atoms with E-state index in [9.17, 15) is 18.0 Å². The maximum absolute atomic E-state index is 14.1. The summed E-state index contributed by atoms with van der Waals surface area (Å²) >= 11 is 6.14. The van der Waals surface area contributed by atoms with Gasteiger partial charge in [0.05, 0.1) is 11.1 Å². The highest BCUT2D eigenvalue weighted by atomic mass is 35.5. The predicted octanol–water partition coefficient (Wildman–Crippen LogP) is 4.69. The molecule has 0 spiro atoms. The molecule has 34 heavy (non-hydrogen) atoms. The van der Waals surface area contributed by atoms with Crippen LogP contribution in [0.2, 0.25) is 5.02 Å². The van der Waals surface area contributed by atoms with Crippen molar-refractivity contribution in [2.45, 2.75) is 45.2 Å². The van der Waals surface area contributed by atoms with Crippen LogP contribution in [-0.2, 0) is 17.9 Å². The van der Waals surface area contributed by atoms with Crippen LogP contribution in [-0.4, -0.2) is 56.7 Å². The molecule has 1 aliphatic heterocycles. The minimum absolute atomic E-state index is 0.0622. The average Bonchev–Trinajstić information content (AvgIpc) is 3.61. The summed E-state index contributed by atoms with van der Waals surface area (Å²) in [4.78, 5) is 21.4. The molecule has 10 heteroatoms. The second kappa shape index (κ2) is 9.19. The molecular formula is C24H25ClF3N5O. The molecule has 1 aliphatic carbocycles. The summed E-state index contributed by atoms with van der Waals surface area (Å²) in [7, 11) is 0. The molecule has 1 saturated carbocycles. The van der Waals surface area contributed by atoms with Gasteiger partial charge in [0.15, 0.2) is 5.65 Å². The predicted molar refractivity (Wildman–Crippen MR) is 122 cm³/mol. The first-order chi connectivity index (χ1) is 16.3. The van der Waals surface area contributed by atoms with E-state index in [0.717, 1.165) is 12.8 Å². The summed E-state index contributed by atoms with van der Waals surface area (Å²) in [6, 6.07) is 6.12. The van der Waals surface area contributed by atoms with Crippen LogP contribution in [0.5, 0.6) is 0 Å². The highest BCUT2D eigenvalue weighted by Crippen LogP contribution is 2.42. The second-order valence-corrected chi connectivity index (χ2v) is 9.42. The zero-order valence-corrected chi connectivity index (χ0v) is 19.5. The molecule has 5 rings (SSSR count). The number of aryl methyl sites for hydroxylation is 1. The van der Waals surface area contributed by atoms with Gasteiger partial charge < -0.3 is 4.90 Å². The molecule has 180 valence electrons. The van der Waals surface area contributed by atoms with Gasteiger partial charge in [0, 0.05) is 60.5 Å². The number of rotatable bonds is 6. The number of fused-ring (bicyclic) bond motifs is 1. The molecule has 2 aromatic heterocycles. The molecule has 0 unspecified atom stereocenters. The van der Waals surface area contributed by atoms with Crippen molar-refractivity contribution < 1.29 is 18.0 Å². The van der Waals surface area contributed by atoms with E-state index in [1.807, 2.05) is 0 Å². The standard InChI is InChI=1S/C24H25ClF3N5O/c1-14-22-16(23(27)28)11-20(15-5-6-15)29-24(22)33(30-14)13-21(34)32-9-7-31(8-10-32)12-17-18(25)3-2-4-19(17)26/h2-4,11,15,23H,5-10,12-13H2,1H3. The van der Waals surface area contributed by atoms with Gasteiger partial charge in [-0.3, -0.25) is 9.69 Å². The molecule has 0 atom stereocenters. The van der Waals surface area contributed by atoms with E-state index in [1.54, 1.807) is 24.0 Å². The van der Waals surface area contributed by atoms with Gasteiger partial charge in [-0.2, -0.15) is 5.10 Å². The summed E-state index contributed by atoms with van der Waals surface area (Å²) in [6.45, 7) is 4.09. The number of aromatic nitrogens is 3. The fourth-order valence-electron chi connectivity index (χ4n) is 4.57. The molecular weight excluding hydrogens is 467 g/mol. The van der Waals surface area contributed by atoms with Gasteiger partial charge in [0.1, 0.15) is 12.4 Å². The van der Waals surface area contributed by atoms with Crippen LogP contribution < -0.4 is 0 Å². The van der Waals surface area contributed by atoms with Crippen molar-refractivity contribution in [3.05, 3.63) is 57.6 Å². The van der Waals surface area contributed by atoms with Crippen LogP contribution in [0.1, 0.15) is 47.7 Å². The van der Waals surface area contributed by atoms with E-state index >= 15 is 0 Å². The lowest BCUT2D eigenvalue weighted by molar-refractivity contribution is -0.133. The van der Waals surface area contributed by atoms with E-state index in [1.165, 1.54) is 16.8 Å². The minimum atomic E-state index is -2.63. The molecule has 0 N–H and O–H groups in total. The zero-order valence-electron chi connectivity index (χ0n) is 18.8. The summed E-state index contributed by atoms with van der Waals surface area (Å²) in [5, 5.41) is 5.11. The number of piperazine rings is 1. The Bertz CT molecular complexity index is 1210. The molecule has 1 saturated heterocycles. The Morgan fingerprint density at radius 3 is 2.59 bits per heavy atom. The summed E-state index contributed by atoms with van der Waals surface area (Å²) in [5.74, 6) is -0.282. The van der Waals surface area contributed by atoms with Crippen molar-refractivity contribution in [2.24, 2.45) is 0 Å². The van der Waals surface area contributed by atoms with Crippen LogP contribution >= 0.6 is 11.6 Å². The topological polar surface area (TPSA) is 54.3 Å². The SMILES string of the molecule is Cc1nn(CC(=O)N2CCN(Cc3c(F)cccc3Cl)CC2)c2nc(C3CC3)cc(C(F)F)c12. The van der Waals surface area contributed by atoms with E-state index in [2.05, 4.69) is 15.0 Å². The smallest absolute Gasteiger partial charge is 0.264 e. The Morgan fingerprint density at radius 1 is 1.21 bits per heavy atom. The third-order valence-corrected chi connectivity index (χ3v) is 6.97. The van der Waals surface area contributed by atoms with E-state index in [4.69, 9.17) is 11.6 Å². The number of nitrogens with zero attached hydrogens (tertiary/aromatic N) is 5. The average molecular weight is 492 g/mol. The van der Waals surface area contributed by atoms with E-state index in [0.29, 0.717) is 65.7 Å². The van der Waals surface area contributed by atoms with Crippen molar-refractivity contribution in [3.8, 4) is 0 Å². The summed E-state index contributed by atoms with van der Waals surface area (Å²) in [5.41, 5.74) is 1.83. The monoisotopic (exact) mass is 491 g/mol. The largest absolute Gasteiger partial charge is 0.339 e. The van der Waals surface area contributed by atoms with Gasteiger partial charge in [-0.05, 0) is 38.0 Å². The van der Waals surface area contributed by atoms with Gasteiger partial charge in [0.2, 0.25) is 5.91 Å². The molecule has 2 fully saturated rings. The fourth-order valence-corrected chi connectivity index (χ4v) is 4.79. The third kappa shape index (κ3) is 4.51. The number of halogens is 4. The van der Waals surface area contributed by atoms with Crippen LogP contribution in [0.3, 0.4) is 0 Å². The Morgan fingerprint density at radius 2 is 1.94 bits per heavy atom. The van der Waals surface area contributed by atoms with Crippen LogP contribution in [0.4, 0.5) is 13.2 Å².